The van der Waals surface area contributed by atoms with E-state index in [0.29, 0.717) is 0 Å². The molecule has 0 bridgehead atoms. The van der Waals surface area contributed by atoms with Crippen LogP contribution in [0.2, 0.25) is 0 Å². The Kier molecular flexibility index (Phi) is 3.20. The SMILES string of the molecule is CC[C@@H]1CCCCN(C)C1. The van der Waals surface area contributed by atoms with Gasteiger partial charge in [0.15, 0.2) is 0 Å². The normalized spacial score (nSPS) is 30.0. The summed E-state index contributed by atoms with van der Waals surface area (Å²) in [6.07, 6.45) is 5.68. The third-order valence-electron chi connectivity index (χ3n) is 2.55. The lowest BCUT2D eigenvalue weighted by Gasteiger charge is -2.17. The fourth-order valence-electron chi connectivity index (χ4n) is 1.77. The summed E-state index contributed by atoms with van der Waals surface area (Å²) in [4.78, 5) is 2.47. The maximum Gasteiger partial charge on any atom is 0.000650 e. The largest absolute Gasteiger partial charge is 0.306 e. The molecule has 0 aromatic rings. The smallest absolute Gasteiger partial charge is 0.000650 e. The summed E-state index contributed by atoms with van der Waals surface area (Å²) in [5, 5.41) is 0. The zero-order valence-electron chi connectivity index (χ0n) is 7.27. The van der Waals surface area contributed by atoms with E-state index in [9.17, 15) is 0 Å². The minimum atomic E-state index is 0.979. The van der Waals surface area contributed by atoms with Crippen LogP contribution < -0.4 is 0 Å². The molecule has 0 spiro atoms. The second-order valence-corrected chi connectivity index (χ2v) is 3.53. The molecule has 1 fully saturated rings. The van der Waals surface area contributed by atoms with Gasteiger partial charge in [-0.2, -0.15) is 0 Å². The number of nitrogens with zero attached hydrogens (tertiary/aromatic N) is 1. The third kappa shape index (κ3) is 2.30. The topological polar surface area (TPSA) is 3.24 Å². The Morgan fingerprint density at radius 1 is 1.40 bits per heavy atom. The molecule has 0 saturated carbocycles. The van der Waals surface area contributed by atoms with Gasteiger partial charge in [0, 0.05) is 6.54 Å². The van der Waals surface area contributed by atoms with Crippen LogP contribution >= 0.6 is 0 Å². The highest BCUT2D eigenvalue weighted by molar-refractivity contribution is 4.67. The first kappa shape index (κ1) is 8.06. The fourth-order valence-corrected chi connectivity index (χ4v) is 1.77. The minimum Gasteiger partial charge on any atom is -0.306 e. The standard InChI is InChI=1S/C9H19N/c1-3-9-6-4-5-7-10(2)8-9/h9H,3-8H2,1-2H3/t9-/m1/s1. The van der Waals surface area contributed by atoms with Crippen LogP contribution in [-0.4, -0.2) is 25.0 Å². The van der Waals surface area contributed by atoms with Crippen LogP contribution in [0.4, 0.5) is 0 Å². The van der Waals surface area contributed by atoms with E-state index in [1.54, 1.807) is 0 Å². The molecule has 10 heavy (non-hydrogen) atoms. The fraction of sp³-hybridized carbons (Fsp3) is 1.00. The highest BCUT2D eigenvalue weighted by atomic mass is 15.1. The summed E-state index contributed by atoms with van der Waals surface area (Å²) in [6.45, 7) is 4.96. The Bertz CT molecular complexity index is 90.7. The Hall–Kier alpha value is -0.0400. The van der Waals surface area contributed by atoms with E-state index in [1.807, 2.05) is 0 Å². The molecule has 1 aliphatic rings. The van der Waals surface area contributed by atoms with Crippen molar-refractivity contribution in [3.8, 4) is 0 Å². The first-order valence-electron chi connectivity index (χ1n) is 4.51. The molecule has 0 radical (unpaired) electrons. The van der Waals surface area contributed by atoms with Gasteiger partial charge in [-0.15, -0.1) is 0 Å². The van der Waals surface area contributed by atoms with E-state index in [0.717, 1.165) is 5.92 Å². The molecule has 1 atom stereocenters. The molecule has 0 amide bonds. The monoisotopic (exact) mass is 141 g/mol. The molecule has 1 heterocycles. The molecule has 1 aliphatic heterocycles. The van der Waals surface area contributed by atoms with Crippen molar-refractivity contribution in [3.63, 3.8) is 0 Å². The summed E-state index contributed by atoms with van der Waals surface area (Å²) in [5.41, 5.74) is 0. The zero-order valence-corrected chi connectivity index (χ0v) is 7.27. The van der Waals surface area contributed by atoms with Crippen LogP contribution in [0.5, 0.6) is 0 Å². The van der Waals surface area contributed by atoms with Crippen molar-refractivity contribution in [3.05, 3.63) is 0 Å². The summed E-state index contributed by atoms with van der Waals surface area (Å²) in [6, 6.07) is 0. The lowest BCUT2D eigenvalue weighted by atomic mass is 10.0. The van der Waals surface area contributed by atoms with Gasteiger partial charge < -0.3 is 4.90 Å². The van der Waals surface area contributed by atoms with E-state index in [4.69, 9.17) is 0 Å². The Balaban J connectivity index is 2.30. The molecule has 0 aromatic carbocycles. The molecule has 1 saturated heterocycles. The number of rotatable bonds is 1. The molecular formula is C9H19N. The van der Waals surface area contributed by atoms with Gasteiger partial charge in [0.05, 0.1) is 0 Å². The van der Waals surface area contributed by atoms with Crippen molar-refractivity contribution in [1.82, 2.24) is 4.90 Å². The first-order valence-corrected chi connectivity index (χ1v) is 4.51. The summed E-state index contributed by atoms with van der Waals surface area (Å²) >= 11 is 0. The van der Waals surface area contributed by atoms with E-state index >= 15 is 0 Å². The van der Waals surface area contributed by atoms with Gasteiger partial charge in [0.25, 0.3) is 0 Å². The van der Waals surface area contributed by atoms with Gasteiger partial charge in [-0.05, 0) is 32.4 Å². The molecule has 0 aromatic heterocycles. The van der Waals surface area contributed by atoms with E-state index in [-0.39, 0.29) is 0 Å². The van der Waals surface area contributed by atoms with Gasteiger partial charge in [-0.1, -0.05) is 19.8 Å². The van der Waals surface area contributed by atoms with Crippen molar-refractivity contribution in [2.45, 2.75) is 32.6 Å². The van der Waals surface area contributed by atoms with Crippen molar-refractivity contribution in [1.29, 1.82) is 0 Å². The molecular weight excluding hydrogens is 122 g/mol. The predicted molar refractivity (Wildman–Crippen MR) is 45.1 cm³/mol. The van der Waals surface area contributed by atoms with Gasteiger partial charge in [-0.3, -0.25) is 0 Å². The quantitative estimate of drug-likeness (QED) is 0.540. The number of hydrogen-bond acceptors (Lipinski definition) is 1. The average molecular weight is 141 g/mol. The lowest BCUT2D eigenvalue weighted by Crippen LogP contribution is -2.23. The van der Waals surface area contributed by atoms with Crippen LogP contribution in [0.15, 0.2) is 0 Å². The average Bonchev–Trinajstić information content (AvgIpc) is 2.13. The number of likely N-dealkylation sites (tertiary alicyclic amines) is 1. The van der Waals surface area contributed by atoms with E-state index in [2.05, 4.69) is 18.9 Å². The third-order valence-corrected chi connectivity index (χ3v) is 2.55. The maximum absolute atomic E-state index is 2.47. The highest BCUT2D eigenvalue weighted by Gasteiger charge is 2.12. The van der Waals surface area contributed by atoms with E-state index < -0.39 is 0 Å². The van der Waals surface area contributed by atoms with Crippen LogP contribution in [0.1, 0.15) is 32.6 Å². The van der Waals surface area contributed by atoms with Crippen LogP contribution in [-0.2, 0) is 0 Å². The van der Waals surface area contributed by atoms with Gasteiger partial charge in [0.1, 0.15) is 0 Å². The number of hydrogen-bond donors (Lipinski definition) is 0. The zero-order chi connectivity index (χ0) is 7.40. The van der Waals surface area contributed by atoms with E-state index in [1.165, 1.54) is 38.8 Å². The molecule has 1 heteroatoms. The second kappa shape index (κ2) is 3.97. The molecule has 1 nitrogen and oxygen atoms in total. The minimum absolute atomic E-state index is 0.979. The summed E-state index contributed by atoms with van der Waals surface area (Å²) in [7, 11) is 2.24. The predicted octanol–water partition coefficient (Wildman–Crippen LogP) is 2.13. The first-order chi connectivity index (χ1) is 4.83. The molecule has 60 valence electrons. The maximum atomic E-state index is 2.47. The molecule has 1 rings (SSSR count). The summed E-state index contributed by atoms with van der Waals surface area (Å²) < 4.78 is 0. The highest BCUT2D eigenvalue weighted by Crippen LogP contribution is 2.17. The van der Waals surface area contributed by atoms with Gasteiger partial charge in [-0.25, -0.2) is 0 Å². The second-order valence-electron chi connectivity index (χ2n) is 3.53. The van der Waals surface area contributed by atoms with Crippen LogP contribution in [0.25, 0.3) is 0 Å². The van der Waals surface area contributed by atoms with Crippen molar-refractivity contribution >= 4 is 0 Å². The Morgan fingerprint density at radius 2 is 2.20 bits per heavy atom. The molecule has 0 unspecified atom stereocenters. The summed E-state index contributed by atoms with van der Waals surface area (Å²) in [5.74, 6) is 0.979. The molecule has 0 N–H and O–H groups in total. The van der Waals surface area contributed by atoms with Crippen LogP contribution in [0, 0.1) is 5.92 Å². The van der Waals surface area contributed by atoms with Crippen molar-refractivity contribution < 1.29 is 0 Å². The van der Waals surface area contributed by atoms with Gasteiger partial charge >= 0.3 is 0 Å². The Labute approximate surface area is 64.4 Å². The van der Waals surface area contributed by atoms with Crippen LogP contribution in [0.3, 0.4) is 0 Å². The lowest BCUT2D eigenvalue weighted by molar-refractivity contribution is 0.295. The van der Waals surface area contributed by atoms with Crippen molar-refractivity contribution in [2.75, 3.05) is 20.1 Å². The van der Waals surface area contributed by atoms with Gasteiger partial charge in [0.2, 0.25) is 0 Å². The molecule has 0 aliphatic carbocycles. The van der Waals surface area contributed by atoms with Crippen molar-refractivity contribution in [2.24, 2.45) is 5.92 Å². The Morgan fingerprint density at radius 3 is 2.90 bits per heavy atom.